The van der Waals surface area contributed by atoms with Crippen molar-refractivity contribution in [2.45, 2.75) is 12.8 Å². The molecule has 0 atom stereocenters. The normalized spacial score (nSPS) is 14.7. The van der Waals surface area contributed by atoms with E-state index in [9.17, 15) is 14.4 Å². The number of ether oxygens (including phenoxy) is 3. The summed E-state index contributed by atoms with van der Waals surface area (Å²) in [7, 11) is 1.65. The molecule has 2 aliphatic rings. The number of anilines is 2. The quantitative estimate of drug-likeness (QED) is 0.780. The summed E-state index contributed by atoms with van der Waals surface area (Å²) in [5.74, 6) is 0.967. The van der Waals surface area contributed by atoms with Crippen LogP contribution in [0.4, 0.5) is 11.4 Å². The number of carbonyl (C=O) groups excluding carboxylic acids is 3. The van der Waals surface area contributed by atoms with Gasteiger partial charge >= 0.3 is 0 Å². The molecule has 0 unspecified atom stereocenters. The molecule has 2 aromatic carbocycles. The van der Waals surface area contributed by atoms with Crippen molar-refractivity contribution in [2.24, 2.45) is 0 Å². The topological polar surface area (TPSA) is 94.2 Å². The van der Waals surface area contributed by atoms with Crippen LogP contribution in [-0.4, -0.2) is 44.5 Å². The molecule has 2 aromatic rings. The summed E-state index contributed by atoms with van der Waals surface area (Å²) in [4.78, 5) is 38.1. The zero-order chi connectivity index (χ0) is 20.4. The van der Waals surface area contributed by atoms with Gasteiger partial charge in [0, 0.05) is 25.5 Å². The van der Waals surface area contributed by atoms with E-state index in [0.29, 0.717) is 47.4 Å². The largest absolute Gasteiger partial charge is 0.486 e. The fourth-order valence-electron chi connectivity index (χ4n) is 3.21. The van der Waals surface area contributed by atoms with Crippen molar-refractivity contribution < 1.29 is 28.6 Å². The molecule has 0 bridgehead atoms. The first-order valence-corrected chi connectivity index (χ1v) is 9.28. The lowest BCUT2D eigenvalue weighted by Gasteiger charge is -2.27. The summed E-state index contributed by atoms with van der Waals surface area (Å²) in [6.45, 7) is 0.841. The first kappa shape index (κ1) is 18.8. The Labute approximate surface area is 167 Å². The second-order valence-corrected chi connectivity index (χ2v) is 6.73. The predicted molar refractivity (Wildman–Crippen MR) is 105 cm³/mol. The van der Waals surface area contributed by atoms with E-state index < -0.39 is 0 Å². The molecular formula is C21H20N2O6. The predicted octanol–water partition coefficient (Wildman–Crippen LogP) is 2.41. The number of para-hydroxylation sites is 1. The second-order valence-electron chi connectivity index (χ2n) is 6.73. The smallest absolute Gasteiger partial charge is 0.264 e. The standard InChI is InChI=1S/C21H20N2O6/c1-23-15-4-2-3-14(21(15)29-12-20(23)26)22-19(25)8-6-16(24)13-5-7-17-18(11-13)28-10-9-27-17/h2-5,7,11H,6,8-10,12H2,1H3,(H,22,25). The number of amides is 2. The van der Waals surface area contributed by atoms with Gasteiger partial charge in [-0.05, 0) is 30.3 Å². The number of fused-ring (bicyclic) bond motifs is 2. The van der Waals surface area contributed by atoms with Gasteiger partial charge in [0.1, 0.15) is 13.2 Å². The summed E-state index contributed by atoms with van der Waals surface area (Å²) in [5, 5.41) is 2.76. The molecule has 8 nitrogen and oxygen atoms in total. The number of nitrogens with zero attached hydrogens (tertiary/aromatic N) is 1. The molecule has 4 rings (SSSR count). The van der Waals surface area contributed by atoms with Crippen molar-refractivity contribution in [2.75, 3.05) is 37.1 Å². The van der Waals surface area contributed by atoms with Crippen LogP contribution >= 0.6 is 0 Å². The molecule has 0 aromatic heterocycles. The summed E-state index contributed by atoms with van der Waals surface area (Å²) < 4.78 is 16.4. The summed E-state index contributed by atoms with van der Waals surface area (Å²) in [6.07, 6.45) is 0.0749. The van der Waals surface area contributed by atoms with E-state index in [0.717, 1.165) is 0 Å². The zero-order valence-electron chi connectivity index (χ0n) is 15.9. The average molecular weight is 396 g/mol. The van der Waals surface area contributed by atoms with Gasteiger partial charge in [-0.15, -0.1) is 0 Å². The molecule has 2 amide bonds. The van der Waals surface area contributed by atoms with Crippen LogP contribution in [0.25, 0.3) is 0 Å². The lowest BCUT2D eigenvalue weighted by molar-refractivity contribution is -0.121. The average Bonchev–Trinajstić information content (AvgIpc) is 2.74. The molecule has 29 heavy (non-hydrogen) atoms. The van der Waals surface area contributed by atoms with E-state index >= 15 is 0 Å². The summed E-state index contributed by atoms with van der Waals surface area (Å²) >= 11 is 0. The van der Waals surface area contributed by atoms with Crippen LogP contribution in [0.1, 0.15) is 23.2 Å². The van der Waals surface area contributed by atoms with E-state index in [-0.39, 0.29) is 37.0 Å². The molecule has 0 aliphatic carbocycles. The van der Waals surface area contributed by atoms with Gasteiger partial charge < -0.3 is 24.4 Å². The van der Waals surface area contributed by atoms with E-state index in [1.165, 1.54) is 4.90 Å². The molecule has 2 aliphatic heterocycles. The van der Waals surface area contributed by atoms with Crippen molar-refractivity contribution in [3.05, 3.63) is 42.0 Å². The molecule has 1 N–H and O–H groups in total. The molecule has 0 saturated heterocycles. The number of rotatable bonds is 5. The Morgan fingerprint density at radius 1 is 1.03 bits per heavy atom. The minimum absolute atomic E-state index is 0.0196. The van der Waals surface area contributed by atoms with Crippen LogP contribution in [0.15, 0.2) is 36.4 Å². The summed E-state index contributed by atoms with van der Waals surface area (Å²) in [6, 6.07) is 10.2. The van der Waals surface area contributed by atoms with Gasteiger partial charge in [0.15, 0.2) is 29.6 Å². The minimum atomic E-state index is -0.313. The van der Waals surface area contributed by atoms with Gasteiger partial charge in [0.05, 0.1) is 11.4 Å². The van der Waals surface area contributed by atoms with Crippen molar-refractivity contribution in [3.8, 4) is 17.2 Å². The van der Waals surface area contributed by atoms with Crippen molar-refractivity contribution in [1.29, 1.82) is 0 Å². The Morgan fingerprint density at radius 2 is 1.83 bits per heavy atom. The Bertz CT molecular complexity index is 987. The van der Waals surface area contributed by atoms with E-state index in [2.05, 4.69) is 5.32 Å². The highest BCUT2D eigenvalue weighted by molar-refractivity contribution is 6.03. The highest BCUT2D eigenvalue weighted by Crippen LogP contribution is 2.38. The molecular weight excluding hydrogens is 376 g/mol. The molecule has 0 fully saturated rings. The van der Waals surface area contributed by atoms with Gasteiger partial charge in [0.2, 0.25) is 5.91 Å². The Morgan fingerprint density at radius 3 is 2.66 bits per heavy atom. The van der Waals surface area contributed by atoms with Crippen molar-refractivity contribution in [3.63, 3.8) is 0 Å². The number of nitrogens with one attached hydrogen (secondary N) is 1. The number of hydrogen-bond acceptors (Lipinski definition) is 6. The molecule has 0 radical (unpaired) electrons. The van der Waals surface area contributed by atoms with Crippen LogP contribution in [-0.2, 0) is 9.59 Å². The van der Waals surface area contributed by atoms with E-state index in [1.54, 1.807) is 43.4 Å². The van der Waals surface area contributed by atoms with Gasteiger partial charge in [-0.25, -0.2) is 0 Å². The van der Waals surface area contributed by atoms with Gasteiger partial charge in [-0.1, -0.05) is 6.07 Å². The number of carbonyl (C=O) groups is 3. The first-order chi connectivity index (χ1) is 14.0. The lowest BCUT2D eigenvalue weighted by Crippen LogP contribution is -2.35. The highest BCUT2D eigenvalue weighted by Gasteiger charge is 2.25. The van der Waals surface area contributed by atoms with Gasteiger partial charge in [-0.2, -0.15) is 0 Å². The van der Waals surface area contributed by atoms with Crippen molar-refractivity contribution in [1.82, 2.24) is 0 Å². The molecule has 0 spiro atoms. The molecule has 2 heterocycles. The number of ketones is 1. The Kier molecular flexibility index (Phi) is 5.07. The van der Waals surface area contributed by atoms with Gasteiger partial charge in [0.25, 0.3) is 5.91 Å². The lowest BCUT2D eigenvalue weighted by atomic mass is 10.1. The maximum absolute atomic E-state index is 12.5. The van der Waals surface area contributed by atoms with Crippen LogP contribution in [0.2, 0.25) is 0 Å². The van der Waals surface area contributed by atoms with Crippen LogP contribution < -0.4 is 24.4 Å². The fourth-order valence-corrected chi connectivity index (χ4v) is 3.21. The van der Waals surface area contributed by atoms with Gasteiger partial charge in [-0.3, -0.25) is 14.4 Å². The zero-order valence-corrected chi connectivity index (χ0v) is 15.9. The monoisotopic (exact) mass is 396 g/mol. The fraction of sp³-hybridized carbons (Fsp3) is 0.286. The number of likely N-dealkylation sites (N-methyl/N-ethyl adjacent to an activating group) is 1. The van der Waals surface area contributed by atoms with Crippen LogP contribution in [0, 0.1) is 0 Å². The number of benzene rings is 2. The van der Waals surface area contributed by atoms with E-state index in [4.69, 9.17) is 14.2 Å². The SMILES string of the molecule is CN1C(=O)COc2c(NC(=O)CCC(=O)c3ccc4c(c3)OCCO4)cccc21. The third-order valence-corrected chi connectivity index (χ3v) is 4.79. The Balaban J connectivity index is 1.38. The first-order valence-electron chi connectivity index (χ1n) is 9.28. The number of hydrogen-bond donors (Lipinski definition) is 1. The van der Waals surface area contributed by atoms with Crippen LogP contribution in [0.3, 0.4) is 0 Å². The molecule has 0 saturated carbocycles. The maximum atomic E-state index is 12.5. The Hall–Kier alpha value is -3.55. The van der Waals surface area contributed by atoms with E-state index in [1.807, 2.05) is 0 Å². The highest BCUT2D eigenvalue weighted by atomic mass is 16.6. The third-order valence-electron chi connectivity index (χ3n) is 4.79. The van der Waals surface area contributed by atoms with Crippen LogP contribution in [0.5, 0.6) is 17.2 Å². The third kappa shape index (κ3) is 3.87. The number of Topliss-reactive ketones (excluding diaryl/α,β-unsaturated/α-hetero) is 1. The molecule has 150 valence electrons. The summed E-state index contributed by atoms with van der Waals surface area (Å²) in [5.41, 5.74) is 1.53. The maximum Gasteiger partial charge on any atom is 0.264 e. The minimum Gasteiger partial charge on any atom is -0.486 e. The molecule has 8 heteroatoms. The second kappa shape index (κ2) is 7.83. The van der Waals surface area contributed by atoms with Crippen molar-refractivity contribution >= 4 is 29.0 Å².